The first-order chi connectivity index (χ1) is 15.3. The second kappa shape index (κ2) is 10.6. The standard InChI is InChI=1S/C21H28N2O6S3/c1-4-11-29-20(28)22-9-7-13(8-10-22)31-19-16(18(26)27)23-17(25)15(14(24)6-3)21(23,32-19)30-12-5-2/h4-5,13-15,24H,1-2,6-12H2,3H3,(H,26,27)/t14-,15+,21+/m0/s1. The van der Waals surface area contributed by atoms with Crippen molar-refractivity contribution in [1.29, 1.82) is 0 Å². The molecule has 3 atom stereocenters. The van der Waals surface area contributed by atoms with Crippen LogP contribution < -0.4 is 0 Å². The zero-order valence-electron chi connectivity index (χ0n) is 17.9. The van der Waals surface area contributed by atoms with Gasteiger partial charge < -0.3 is 19.8 Å². The summed E-state index contributed by atoms with van der Waals surface area (Å²) in [4.78, 5) is 40.1. The number of carbonyl (C=O) groups is 3. The van der Waals surface area contributed by atoms with Crippen molar-refractivity contribution in [3.8, 4) is 0 Å². The maximum atomic E-state index is 12.9. The highest BCUT2D eigenvalue weighted by Gasteiger charge is 2.69. The fraction of sp³-hybridized carbons (Fsp3) is 0.571. The van der Waals surface area contributed by atoms with Crippen LogP contribution in [0.2, 0.25) is 0 Å². The Morgan fingerprint density at radius 2 is 2.03 bits per heavy atom. The van der Waals surface area contributed by atoms with Crippen molar-refractivity contribution in [2.24, 2.45) is 5.92 Å². The van der Waals surface area contributed by atoms with E-state index in [1.54, 1.807) is 17.9 Å². The van der Waals surface area contributed by atoms with E-state index in [0.717, 1.165) is 0 Å². The molecule has 2 saturated heterocycles. The summed E-state index contributed by atoms with van der Waals surface area (Å²) >= 11 is 4.24. The average molecular weight is 501 g/mol. The summed E-state index contributed by atoms with van der Waals surface area (Å²) in [5, 5.41) is 20.5. The number of likely N-dealkylation sites (tertiary alicyclic amines) is 1. The molecule has 0 bridgehead atoms. The quantitative estimate of drug-likeness (QED) is 0.345. The number of carboxylic acids is 1. The molecule has 3 aliphatic rings. The van der Waals surface area contributed by atoms with Gasteiger partial charge in [-0.2, -0.15) is 0 Å². The Balaban J connectivity index is 1.75. The Hall–Kier alpha value is -1.56. The van der Waals surface area contributed by atoms with Crippen LogP contribution in [0.4, 0.5) is 4.79 Å². The van der Waals surface area contributed by atoms with Crippen molar-refractivity contribution in [3.05, 3.63) is 35.2 Å². The Morgan fingerprint density at radius 3 is 2.59 bits per heavy atom. The number of aliphatic hydroxyl groups excluding tert-OH is 1. The first-order valence-corrected chi connectivity index (χ1v) is 13.1. The number of β-lactam (4-membered cyclic amide) rings is 1. The number of ether oxygens (including phenoxy) is 1. The highest BCUT2D eigenvalue weighted by Crippen LogP contribution is 2.66. The monoisotopic (exact) mass is 500 g/mol. The number of rotatable bonds is 10. The highest BCUT2D eigenvalue weighted by molar-refractivity contribution is 8.29. The number of hydrogen-bond donors (Lipinski definition) is 2. The number of thioether (sulfide) groups is 3. The molecule has 2 fully saturated rings. The lowest BCUT2D eigenvalue weighted by atomic mass is 9.89. The fourth-order valence-electron chi connectivity index (χ4n) is 3.97. The van der Waals surface area contributed by atoms with E-state index in [9.17, 15) is 24.6 Å². The number of piperidine rings is 1. The van der Waals surface area contributed by atoms with Crippen LogP contribution in [0.3, 0.4) is 0 Å². The summed E-state index contributed by atoms with van der Waals surface area (Å²) in [6, 6.07) is 0. The zero-order chi connectivity index (χ0) is 23.5. The molecule has 3 heterocycles. The number of carbonyl (C=O) groups excluding carboxylic acids is 2. The van der Waals surface area contributed by atoms with Crippen molar-refractivity contribution < 1.29 is 29.3 Å². The van der Waals surface area contributed by atoms with Gasteiger partial charge in [0.05, 0.1) is 10.3 Å². The second-order valence-electron chi connectivity index (χ2n) is 7.57. The predicted molar refractivity (Wildman–Crippen MR) is 128 cm³/mol. The van der Waals surface area contributed by atoms with Crippen LogP contribution in [0, 0.1) is 5.92 Å². The van der Waals surface area contributed by atoms with Crippen molar-refractivity contribution in [2.75, 3.05) is 25.4 Å². The smallest absolute Gasteiger partial charge is 0.410 e. The number of aliphatic carboxylic acids is 1. The lowest BCUT2D eigenvalue weighted by Gasteiger charge is -2.53. The molecule has 2 N–H and O–H groups in total. The van der Waals surface area contributed by atoms with Gasteiger partial charge in [0.2, 0.25) is 5.91 Å². The maximum absolute atomic E-state index is 12.9. The summed E-state index contributed by atoms with van der Waals surface area (Å²) in [5.74, 6) is -1.64. The van der Waals surface area contributed by atoms with E-state index < -0.39 is 22.2 Å². The second-order valence-corrected chi connectivity index (χ2v) is 11.9. The van der Waals surface area contributed by atoms with E-state index in [1.165, 1.54) is 46.3 Å². The van der Waals surface area contributed by atoms with Crippen molar-refractivity contribution >= 4 is 53.3 Å². The molecule has 8 nitrogen and oxygen atoms in total. The summed E-state index contributed by atoms with van der Waals surface area (Å²) in [5.41, 5.74) is -0.00561. The average Bonchev–Trinajstić information content (AvgIpc) is 3.06. The van der Waals surface area contributed by atoms with Crippen molar-refractivity contribution in [2.45, 2.75) is 41.7 Å². The number of carboxylic acid groups (broad SMARTS) is 1. The lowest BCUT2D eigenvalue weighted by molar-refractivity contribution is -0.159. The van der Waals surface area contributed by atoms with Gasteiger partial charge in [-0.3, -0.25) is 9.69 Å². The van der Waals surface area contributed by atoms with Gasteiger partial charge in [-0.05, 0) is 19.3 Å². The topological polar surface area (TPSA) is 107 Å². The fourth-order valence-corrected chi connectivity index (χ4v) is 9.14. The van der Waals surface area contributed by atoms with E-state index in [4.69, 9.17) is 4.74 Å². The van der Waals surface area contributed by atoms with Crippen molar-refractivity contribution in [3.63, 3.8) is 0 Å². The number of amides is 2. The molecule has 176 valence electrons. The van der Waals surface area contributed by atoms with E-state index >= 15 is 0 Å². The molecule has 0 aromatic heterocycles. The van der Waals surface area contributed by atoms with Crippen LogP contribution in [0.25, 0.3) is 0 Å². The molecule has 0 spiro atoms. The van der Waals surface area contributed by atoms with E-state index in [-0.39, 0.29) is 29.6 Å². The van der Waals surface area contributed by atoms with Gasteiger partial charge in [0.15, 0.2) is 9.90 Å². The zero-order valence-corrected chi connectivity index (χ0v) is 20.3. The first kappa shape index (κ1) is 25.1. The summed E-state index contributed by atoms with van der Waals surface area (Å²) in [6.45, 7) is 10.3. The largest absolute Gasteiger partial charge is 0.477 e. The van der Waals surface area contributed by atoms with Crippen LogP contribution in [0.15, 0.2) is 35.2 Å². The molecule has 0 radical (unpaired) electrons. The normalized spacial score (nSPS) is 26.4. The van der Waals surface area contributed by atoms with E-state index in [2.05, 4.69) is 13.2 Å². The van der Waals surface area contributed by atoms with Crippen LogP contribution >= 0.6 is 35.3 Å². The van der Waals surface area contributed by atoms with Gasteiger partial charge in [-0.25, -0.2) is 9.59 Å². The molecular weight excluding hydrogens is 472 g/mol. The third kappa shape index (κ3) is 4.57. The van der Waals surface area contributed by atoms with Gasteiger partial charge in [-0.1, -0.05) is 37.4 Å². The molecule has 2 amide bonds. The SMILES string of the molecule is C=CCOC(=O)N1CCC(SC2=C(C(=O)O)N3C(=O)[C@@H]([C@@H](O)CC)[C@@]3(SCC=C)S2)CC1. The molecule has 3 rings (SSSR count). The minimum Gasteiger partial charge on any atom is -0.477 e. The molecule has 0 saturated carbocycles. The number of aliphatic hydroxyl groups is 1. The maximum Gasteiger partial charge on any atom is 0.410 e. The number of hydrogen-bond acceptors (Lipinski definition) is 8. The Labute approximate surface area is 200 Å². The van der Waals surface area contributed by atoms with Crippen LogP contribution in [-0.4, -0.2) is 79.0 Å². The van der Waals surface area contributed by atoms with E-state index in [0.29, 0.717) is 42.3 Å². The van der Waals surface area contributed by atoms with Crippen LogP contribution in [-0.2, 0) is 14.3 Å². The molecular formula is C21H28N2O6S3. The Kier molecular flexibility index (Phi) is 8.29. The molecule has 0 aromatic rings. The van der Waals surface area contributed by atoms with Gasteiger partial charge >= 0.3 is 12.1 Å². The molecule has 0 aromatic carbocycles. The van der Waals surface area contributed by atoms with Gasteiger partial charge in [0.1, 0.15) is 12.5 Å². The Bertz CT molecular complexity index is 826. The highest BCUT2D eigenvalue weighted by atomic mass is 32.2. The van der Waals surface area contributed by atoms with Gasteiger partial charge in [0, 0.05) is 24.1 Å². The lowest BCUT2D eigenvalue weighted by Crippen LogP contribution is -2.68. The Morgan fingerprint density at radius 1 is 1.34 bits per heavy atom. The molecule has 11 heteroatoms. The minimum absolute atomic E-state index is 0.00561. The van der Waals surface area contributed by atoms with Crippen LogP contribution in [0.1, 0.15) is 26.2 Å². The van der Waals surface area contributed by atoms with E-state index in [1.807, 2.05) is 0 Å². The summed E-state index contributed by atoms with van der Waals surface area (Å²) < 4.78 is 4.80. The molecule has 32 heavy (non-hydrogen) atoms. The molecule has 0 aliphatic carbocycles. The predicted octanol–water partition coefficient (Wildman–Crippen LogP) is 3.31. The third-order valence-electron chi connectivity index (χ3n) is 5.56. The molecule has 3 aliphatic heterocycles. The van der Waals surface area contributed by atoms with Crippen molar-refractivity contribution in [1.82, 2.24) is 9.80 Å². The van der Waals surface area contributed by atoms with Gasteiger partial charge in [0.25, 0.3) is 0 Å². The van der Waals surface area contributed by atoms with Gasteiger partial charge in [-0.15, -0.1) is 30.1 Å². The minimum atomic E-state index is -1.15. The van der Waals surface area contributed by atoms with Crippen LogP contribution in [0.5, 0.6) is 0 Å². The number of nitrogens with zero attached hydrogens (tertiary/aromatic N) is 2. The summed E-state index contributed by atoms with van der Waals surface area (Å²) in [7, 11) is 0. The molecule has 0 unspecified atom stereocenters. The third-order valence-corrected chi connectivity index (χ3v) is 10.3. The first-order valence-electron chi connectivity index (χ1n) is 10.4. The number of fused-ring (bicyclic) bond motifs is 1. The summed E-state index contributed by atoms with van der Waals surface area (Å²) in [6.07, 6.45) is 3.80.